The summed E-state index contributed by atoms with van der Waals surface area (Å²) < 4.78 is 5.98. The number of thioether (sulfide) groups is 1. The van der Waals surface area contributed by atoms with Gasteiger partial charge in [0.25, 0.3) is 0 Å². The van der Waals surface area contributed by atoms with Crippen LogP contribution in [0.4, 0.5) is 0 Å². The molecule has 1 nitrogen and oxygen atoms in total. The Kier molecular flexibility index (Phi) is 5.35. The monoisotopic (exact) mass is 300 g/mol. The van der Waals surface area contributed by atoms with Crippen molar-refractivity contribution in [3.63, 3.8) is 0 Å². The van der Waals surface area contributed by atoms with Crippen LogP contribution < -0.4 is 4.74 Å². The molecular formula is C19H24OS. The van der Waals surface area contributed by atoms with Gasteiger partial charge in [0.05, 0.1) is 0 Å². The quantitative estimate of drug-likeness (QED) is 0.710. The van der Waals surface area contributed by atoms with E-state index >= 15 is 0 Å². The van der Waals surface area contributed by atoms with E-state index in [0.29, 0.717) is 0 Å². The van der Waals surface area contributed by atoms with Gasteiger partial charge in [0.15, 0.2) is 0 Å². The summed E-state index contributed by atoms with van der Waals surface area (Å²) in [5, 5.41) is 0. The lowest BCUT2D eigenvalue weighted by molar-refractivity contribution is 0.131. The van der Waals surface area contributed by atoms with Crippen molar-refractivity contribution < 1.29 is 4.74 Å². The first-order valence-electron chi connectivity index (χ1n) is 7.34. The smallest absolute Gasteiger partial charge is 0.120 e. The van der Waals surface area contributed by atoms with Crippen LogP contribution >= 0.6 is 11.8 Å². The van der Waals surface area contributed by atoms with E-state index in [1.54, 1.807) is 0 Å². The van der Waals surface area contributed by atoms with Gasteiger partial charge in [-0.3, -0.25) is 0 Å². The SMILES string of the molecule is Cc1cc(CSCc2ccccc2)cc(OC(C)(C)C)c1. The molecule has 0 aliphatic heterocycles. The van der Waals surface area contributed by atoms with Crippen LogP contribution in [0.25, 0.3) is 0 Å². The second-order valence-electron chi connectivity index (χ2n) is 6.35. The van der Waals surface area contributed by atoms with Gasteiger partial charge in [-0.1, -0.05) is 36.4 Å². The summed E-state index contributed by atoms with van der Waals surface area (Å²) in [4.78, 5) is 0. The first-order valence-corrected chi connectivity index (χ1v) is 8.49. The highest BCUT2D eigenvalue weighted by Gasteiger charge is 2.12. The number of ether oxygens (including phenoxy) is 1. The van der Waals surface area contributed by atoms with Crippen LogP contribution in [0.2, 0.25) is 0 Å². The van der Waals surface area contributed by atoms with E-state index in [2.05, 4.69) is 76.2 Å². The minimum Gasteiger partial charge on any atom is -0.488 e. The van der Waals surface area contributed by atoms with E-state index in [0.717, 1.165) is 17.3 Å². The minimum atomic E-state index is -0.151. The molecule has 0 unspecified atom stereocenters. The van der Waals surface area contributed by atoms with Crippen LogP contribution in [0, 0.1) is 6.92 Å². The zero-order valence-electron chi connectivity index (χ0n) is 13.3. The molecule has 21 heavy (non-hydrogen) atoms. The third-order valence-corrected chi connectivity index (χ3v) is 3.99. The van der Waals surface area contributed by atoms with Gasteiger partial charge in [-0.15, -0.1) is 0 Å². The van der Waals surface area contributed by atoms with Crippen molar-refractivity contribution in [2.45, 2.75) is 44.8 Å². The molecule has 0 aromatic heterocycles. The molecule has 0 N–H and O–H groups in total. The van der Waals surface area contributed by atoms with Crippen molar-refractivity contribution in [3.05, 3.63) is 65.2 Å². The maximum absolute atomic E-state index is 5.98. The van der Waals surface area contributed by atoms with Crippen LogP contribution in [0.15, 0.2) is 48.5 Å². The predicted octanol–water partition coefficient (Wildman–Crippen LogP) is 5.61. The Hall–Kier alpha value is -1.41. The molecule has 2 aromatic rings. The van der Waals surface area contributed by atoms with Crippen LogP contribution in [-0.4, -0.2) is 5.60 Å². The Morgan fingerprint density at radius 2 is 1.57 bits per heavy atom. The number of hydrogen-bond acceptors (Lipinski definition) is 2. The van der Waals surface area contributed by atoms with Crippen molar-refractivity contribution in [1.82, 2.24) is 0 Å². The Labute approximate surface area is 132 Å². The van der Waals surface area contributed by atoms with Gasteiger partial charge in [0, 0.05) is 11.5 Å². The molecule has 0 aliphatic rings. The van der Waals surface area contributed by atoms with Gasteiger partial charge >= 0.3 is 0 Å². The molecule has 0 heterocycles. The summed E-state index contributed by atoms with van der Waals surface area (Å²) in [5.74, 6) is 3.03. The summed E-state index contributed by atoms with van der Waals surface area (Å²) in [5.41, 5.74) is 3.81. The Morgan fingerprint density at radius 3 is 2.24 bits per heavy atom. The highest BCUT2D eigenvalue weighted by atomic mass is 32.2. The molecule has 0 aliphatic carbocycles. The highest BCUT2D eigenvalue weighted by Crippen LogP contribution is 2.25. The summed E-state index contributed by atoms with van der Waals surface area (Å²) in [6, 6.07) is 17.1. The molecule has 0 saturated carbocycles. The van der Waals surface area contributed by atoms with E-state index in [-0.39, 0.29) is 5.60 Å². The molecule has 0 saturated heterocycles. The average Bonchev–Trinajstić information content (AvgIpc) is 2.37. The Morgan fingerprint density at radius 1 is 0.905 bits per heavy atom. The normalized spacial score (nSPS) is 11.4. The summed E-state index contributed by atoms with van der Waals surface area (Å²) in [6.45, 7) is 8.37. The standard InChI is InChI=1S/C19H24OS/c1-15-10-17(12-18(11-15)20-19(2,3)4)14-21-13-16-8-6-5-7-9-16/h5-12H,13-14H2,1-4H3. The van der Waals surface area contributed by atoms with Gasteiger partial charge < -0.3 is 4.74 Å². The molecule has 0 bridgehead atoms. The maximum atomic E-state index is 5.98. The largest absolute Gasteiger partial charge is 0.488 e. The molecule has 0 spiro atoms. The summed E-state index contributed by atoms with van der Waals surface area (Å²) in [6.07, 6.45) is 0. The third kappa shape index (κ3) is 5.84. The maximum Gasteiger partial charge on any atom is 0.120 e. The minimum absolute atomic E-state index is 0.151. The molecule has 2 aromatic carbocycles. The van der Waals surface area contributed by atoms with Gasteiger partial charge in [-0.25, -0.2) is 0 Å². The molecule has 0 atom stereocenters. The highest BCUT2D eigenvalue weighted by molar-refractivity contribution is 7.97. The second-order valence-corrected chi connectivity index (χ2v) is 7.33. The van der Waals surface area contributed by atoms with E-state index in [1.807, 2.05) is 11.8 Å². The van der Waals surface area contributed by atoms with Crippen LogP contribution in [-0.2, 0) is 11.5 Å². The van der Waals surface area contributed by atoms with Gasteiger partial charge in [-0.2, -0.15) is 11.8 Å². The fourth-order valence-electron chi connectivity index (χ4n) is 2.18. The predicted molar refractivity (Wildman–Crippen MR) is 93.0 cm³/mol. The third-order valence-electron chi connectivity index (χ3n) is 2.91. The summed E-state index contributed by atoms with van der Waals surface area (Å²) >= 11 is 1.94. The van der Waals surface area contributed by atoms with E-state index < -0.39 is 0 Å². The van der Waals surface area contributed by atoms with Crippen molar-refractivity contribution in [2.75, 3.05) is 0 Å². The lowest BCUT2D eigenvalue weighted by atomic mass is 10.1. The molecular weight excluding hydrogens is 276 g/mol. The Bertz CT molecular complexity index is 570. The lowest BCUT2D eigenvalue weighted by Gasteiger charge is -2.22. The average molecular weight is 300 g/mol. The number of hydrogen-bond donors (Lipinski definition) is 0. The van der Waals surface area contributed by atoms with Crippen LogP contribution in [0.3, 0.4) is 0 Å². The topological polar surface area (TPSA) is 9.23 Å². The van der Waals surface area contributed by atoms with Gasteiger partial charge in [0.2, 0.25) is 0 Å². The Balaban J connectivity index is 1.97. The molecule has 2 rings (SSSR count). The first-order chi connectivity index (χ1) is 9.92. The lowest BCUT2D eigenvalue weighted by Crippen LogP contribution is -2.23. The van der Waals surface area contributed by atoms with Gasteiger partial charge in [0.1, 0.15) is 11.4 Å². The van der Waals surface area contributed by atoms with Crippen molar-refractivity contribution >= 4 is 11.8 Å². The number of benzene rings is 2. The molecule has 112 valence electrons. The van der Waals surface area contributed by atoms with E-state index in [4.69, 9.17) is 4.74 Å². The van der Waals surface area contributed by atoms with Gasteiger partial charge in [-0.05, 0) is 56.5 Å². The van der Waals surface area contributed by atoms with Crippen molar-refractivity contribution in [2.24, 2.45) is 0 Å². The fourth-order valence-corrected chi connectivity index (χ4v) is 3.11. The zero-order valence-corrected chi connectivity index (χ0v) is 14.2. The van der Waals surface area contributed by atoms with Crippen LogP contribution in [0.5, 0.6) is 5.75 Å². The van der Waals surface area contributed by atoms with Crippen molar-refractivity contribution in [1.29, 1.82) is 0 Å². The molecule has 0 radical (unpaired) electrons. The molecule has 0 fully saturated rings. The zero-order chi connectivity index (χ0) is 15.3. The van der Waals surface area contributed by atoms with E-state index in [9.17, 15) is 0 Å². The van der Waals surface area contributed by atoms with Crippen LogP contribution in [0.1, 0.15) is 37.5 Å². The van der Waals surface area contributed by atoms with E-state index in [1.165, 1.54) is 16.7 Å². The number of rotatable bonds is 5. The summed E-state index contributed by atoms with van der Waals surface area (Å²) in [7, 11) is 0. The number of aryl methyl sites for hydroxylation is 1. The first kappa shape index (κ1) is 16.0. The molecule has 2 heteroatoms. The fraction of sp³-hybridized carbons (Fsp3) is 0.368. The van der Waals surface area contributed by atoms with Crippen molar-refractivity contribution in [3.8, 4) is 5.75 Å². The second kappa shape index (κ2) is 7.04. The molecule has 0 amide bonds.